The van der Waals surface area contributed by atoms with Gasteiger partial charge in [0.25, 0.3) is 0 Å². The normalized spacial score (nSPS) is 16.8. The minimum absolute atomic E-state index is 0.0851. The second kappa shape index (κ2) is 3.78. The molecule has 1 fully saturated rings. The zero-order valence-corrected chi connectivity index (χ0v) is 7.78. The molecule has 0 spiro atoms. The highest BCUT2D eigenvalue weighted by atomic mass is 32.2. The van der Waals surface area contributed by atoms with Crippen molar-refractivity contribution in [2.24, 2.45) is 0 Å². The molecule has 1 saturated heterocycles. The van der Waals surface area contributed by atoms with Crippen LogP contribution in [0.1, 0.15) is 0 Å². The fraction of sp³-hybridized carbons (Fsp3) is 0.375. The highest BCUT2D eigenvalue weighted by Crippen LogP contribution is 2.28. The van der Waals surface area contributed by atoms with Gasteiger partial charge in [-0.1, -0.05) is 11.8 Å². The largest absolute Gasteiger partial charge is 0.379 e. The Bertz CT molecular complexity index is 357. The van der Waals surface area contributed by atoms with Crippen molar-refractivity contribution in [1.29, 1.82) is 0 Å². The third kappa shape index (κ3) is 1.85. The number of halogens is 3. The lowest BCUT2D eigenvalue weighted by molar-refractivity contribution is 0.0454. The van der Waals surface area contributed by atoms with Gasteiger partial charge in [0.2, 0.25) is 5.95 Å². The Hall–Kier alpha value is -0.750. The number of rotatable bonds is 2. The van der Waals surface area contributed by atoms with Gasteiger partial charge in [-0.3, -0.25) is 0 Å². The highest BCUT2D eigenvalue weighted by molar-refractivity contribution is 8.00. The molecule has 0 N–H and O–H groups in total. The van der Waals surface area contributed by atoms with Crippen LogP contribution >= 0.6 is 11.8 Å². The van der Waals surface area contributed by atoms with Crippen LogP contribution in [0.5, 0.6) is 0 Å². The van der Waals surface area contributed by atoms with Crippen LogP contribution in [-0.4, -0.2) is 23.4 Å². The van der Waals surface area contributed by atoms with Crippen molar-refractivity contribution in [3.8, 4) is 0 Å². The van der Waals surface area contributed by atoms with Gasteiger partial charge in [-0.15, -0.1) is 0 Å². The van der Waals surface area contributed by atoms with Crippen molar-refractivity contribution < 1.29 is 17.9 Å². The monoisotopic (exact) mass is 221 g/mol. The van der Waals surface area contributed by atoms with Crippen LogP contribution in [0.4, 0.5) is 13.2 Å². The molecule has 14 heavy (non-hydrogen) atoms. The van der Waals surface area contributed by atoms with Crippen LogP contribution in [0.15, 0.2) is 11.1 Å². The molecule has 0 amide bonds. The van der Waals surface area contributed by atoms with E-state index in [1.807, 2.05) is 0 Å². The van der Waals surface area contributed by atoms with Crippen LogP contribution in [0.2, 0.25) is 0 Å². The van der Waals surface area contributed by atoms with Gasteiger partial charge in [0.1, 0.15) is 5.03 Å². The first kappa shape index (κ1) is 9.79. The van der Waals surface area contributed by atoms with Crippen molar-refractivity contribution in [2.75, 3.05) is 13.2 Å². The molecule has 0 saturated carbocycles. The summed E-state index contributed by atoms with van der Waals surface area (Å²) in [5.41, 5.74) is 0. The third-order valence-corrected chi connectivity index (χ3v) is 2.86. The molecule has 0 aliphatic carbocycles. The zero-order valence-electron chi connectivity index (χ0n) is 6.97. The second-order valence-electron chi connectivity index (χ2n) is 2.83. The SMILES string of the molecule is Fc1cc(F)c(SC2COC2)nc1F. The number of hydrogen-bond acceptors (Lipinski definition) is 3. The highest BCUT2D eigenvalue weighted by Gasteiger charge is 2.23. The number of pyridine rings is 1. The van der Waals surface area contributed by atoms with E-state index in [1.54, 1.807) is 0 Å². The minimum Gasteiger partial charge on any atom is -0.379 e. The van der Waals surface area contributed by atoms with Crippen LogP contribution in [0.25, 0.3) is 0 Å². The summed E-state index contributed by atoms with van der Waals surface area (Å²) in [7, 11) is 0. The van der Waals surface area contributed by atoms with E-state index in [0.29, 0.717) is 19.3 Å². The summed E-state index contributed by atoms with van der Waals surface area (Å²) in [5, 5.41) is -0.0286. The van der Waals surface area contributed by atoms with E-state index in [4.69, 9.17) is 4.74 Å². The Kier molecular flexibility index (Phi) is 2.64. The maximum atomic E-state index is 13.0. The molecule has 1 aromatic rings. The average molecular weight is 221 g/mol. The molecule has 0 aromatic carbocycles. The number of aromatic nitrogens is 1. The summed E-state index contributed by atoms with van der Waals surface area (Å²) in [6, 6.07) is 0.504. The lowest BCUT2D eigenvalue weighted by atomic mass is 10.4. The number of ether oxygens (including phenoxy) is 1. The lowest BCUT2D eigenvalue weighted by Gasteiger charge is -2.24. The van der Waals surface area contributed by atoms with Gasteiger partial charge >= 0.3 is 0 Å². The number of nitrogens with zero attached hydrogens (tertiary/aromatic N) is 1. The molecule has 1 aromatic heterocycles. The molecular formula is C8H6F3NOS. The Labute approximate surface area is 82.5 Å². The quantitative estimate of drug-likeness (QED) is 0.713. The van der Waals surface area contributed by atoms with Crippen LogP contribution in [0, 0.1) is 17.6 Å². The van der Waals surface area contributed by atoms with Crippen molar-refractivity contribution in [1.82, 2.24) is 4.98 Å². The maximum absolute atomic E-state index is 13.0. The standard InChI is InChI=1S/C8H6F3NOS/c9-5-1-6(10)8(12-7(5)11)14-4-2-13-3-4/h1,4H,2-3H2. The average Bonchev–Trinajstić information content (AvgIpc) is 2.06. The molecular weight excluding hydrogens is 215 g/mol. The summed E-state index contributed by atoms with van der Waals surface area (Å²) in [4.78, 5) is 3.18. The van der Waals surface area contributed by atoms with E-state index >= 15 is 0 Å². The van der Waals surface area contributed by atoms with Gasteiger partial charge in [0.15, 0.2) is 11.6 Å². The van der Waals surface area contributed by atoms with E-state index in [9.17, 15) is 13.2 Å². The Morgan fingerprint density at radius 3 is 2.57 bits per heavy atom. The topological polar surface area (TPSA) is 22.1 Å². The Balaban J connectivity index is 2.19. The summed E-state index contributed by atoms with van der Waals surface area (Å²) in [5.74, 6) is -3.37. The van der Waals surface area contributed by atoms with Gasteiger partial charge < -0.3 is 4.74 Å². The van der Waals surface area contributed by atoms with Crippen LogP contribution in [-0.2, 0) is 4.74 Å². The van der Waals surface area contributed by atoms with Gasteiger partial charge in [0.05, 0.1) is 18.5 Å². The molecule has 1 aliphatic rings. The van der Waals surface area contributed by atoms with Crippen molar-refractivity contribution >= 4 is 11.8 Å². The summed E-state index contributed by atoms with van der Waals surface area (Å²) in [6.07, 6.45) is 0. The van der Waals surface area contributed by atoms with Crippen molar-refractivity contribution in [2.45, 2.75) is 10.3 Å². The predicted octanol–water partition coefficient (Wildman–Crippen LogP) is 1.99. The molecule has 6 heteroatoms. The first-order valence-electron chi connectivity index (χ1n) is 3.93. The minimum atomic E-state index is -1.27. The Morgan fingerprint density at radius 2 is 2.00 bits per heavy atom. The van der Waals surface area contributed by atoms with E-state index in [-0.39, 0.29) is 10.3 Å². The molecule has 0 unspecified atom stereocenters. The molecule has 2 rings (SSSR count). The van der Waals surface area contributed by atoms with Crippen LogP contribution < -0.4 is 0 Å². The lowest BCUT2D eigenvalue weighted by Crippen LogP contribution is -2.30. The molecule has 2 heterocycles. The molecule has 1 aliphatic heterocycles. The first-order chi connectivity index (χ1) is 6.66. The first-order valence-corrected chi connectivity index (χ1v) is 4.80. The molecule has 0 radical (unpaired) electrons. The van der Waals surface area contributed by atoms with Crippen molar-refractivity contribution in [3.05, 3.63) is 23.6 Å². The second-order valence-corrected chi connectivity index (χ2v) is 4.11. The van der Waals surface area contributed by atoms with E-state index in [0.717, 1.165) is 11.8 Å². The number of thioether (sulfide) groups is 1. The van der Waals surface area contributed by atoms with Gasteiger partial charge in [-0.2, -0.15) is 4.39 Å². The number of hydrogen-bond donors (Lipinski definition) is 0. The third-order valence-electron chi connectivity index (χ3n) is 1.74. The van der Waals surface area contributed by atoms with Gasteiger partial charge in [-0.05, 0) is 0 Å². The summed E-state index contributed by atoms with van der Waals surface area (Å²) >= 11 is 1.06. The predicted molar refractivity (Wildman–Crippen MR) is 44.6 cm³/mol. The van der Waals surface area contributed by atoms with E-state index in [1.165, 1.54) is 0 Å². The molecule has 0 bridgehead atoms. The van der Waals surface area contributed by atoms with E-state index in [2.05, 4.69) is 4.98 Å². The molecule has 2 nitrogen and oxygen atoms in total. The van der Waals surface area contributed by atoms with Gasteiger partial charge in [0, 0.05) is 6.07 Å². The smallest absolute Gasteiger partial charge is 0.250 e. The summed E-state index contributed by atoms with van der Waals surface area (Å²) < 4.78 is 43.0. The fourth-order valence-corrected chi connectivity index (χ4v) is 1.90. The molecule has 0 atom stereocenters. The van der Waals surface area contributed by atoms with Crippen LogP contribution in [0.3, 0.4) is 0 Å². The van der Waals surface area contributed by atoms with E-state index < -0.39 is 17.6 Å². The van der Waals surface area contributed by atoms with Crippen molar-refractivity contribution in [3.63, 3.8) is 0 Å². The van der Waals surface area contributed by atoms with Gasteiger partial charge in [-0.25, -0.2) is 13.8 Å². The molecule has 76 valence electrons. The fourth-order valence-electron chi connectivity index (χ4n) is 0.951. The zero-order chi connectivity index (χ0) is 10.1. The maximum Gasteiger partial charge on any atom is 0.250 e. The summed E-state index contributed by atoms with van der Waals surface area (Å²) in [6.45, 7) is 0.982. The Morgan fingerprint density at radius 1 is 1.29 bits per heavy atom.